The fourth-order valence-electron chi connectivity index (χ4n) is 8.34. The zero-order valence-corrected chi connectivity index (χ0v) is 28.5. The van der Waals surface area contributed by atoms with Gasteiger partial charge in [-0.05, 0) is 74.6 Å². The molecule has 2 unspecified atom stereocenters. The predicted octanol–water partition coefficient (Wildman–Crippen LogP) is 5.55. The second-order valence-corrected chi connectivity index (χ2v) is 13.1. The van der Waals surface area contributed by atoms with Crippen molar-refractivity contribution >= 4 is 29.1 Å². The van der Waals surface area contributed by atoms with Crippen LogP contribution in [0.2, 0.25) is 0 Å². The second-order valence-electron chi connectivity index (χ2n) is 13.1. The number of likely N-dealkylation sites (tertiary alicyclic amines) is 1. The molecule has 2 bridgehead atoms. The van der Waals surface area contributed by atoms with Crippen LogP contribution in [0, 0.1) is 25.7 Å². The standard InChI is InChI=1S/C40H45N3O6/c1-6-23-41(29-17-19-30(20-18-29)48-8-3)37(45)33-32-21-22-40(49-32)34(33)38(46)43(31(25-44)28-15-10-9-11-16-28)36(40)39(47)42(24-7-2)35-26(4)13-12-14-27(35)5/h6-7,9-20,31-34,36,44H,1-2,8,21-25H2,3-5H3/t31-,32-,33+,34+,36?,40?/m1/s1. The number of para-hydroxylation sites is 1. The molecule has 3 aromatic rings. The van der Waals surface area contributed by atoms with Crippen molar-refractivity contribution < 1.29 is 29.0 Å². The largest absolute Gasteiger partial charge is 0.494 e. The molecular formula is C40H45N3O6. The zero-order valence-electron chi connectivity index (χ0n) is 28.5. The van der Waals surface area contributed by atoms with Crippen molar-refractivity contribution in [2.45, 2.75) is 57.4 Å². The number of fused-ring (bicyclic) bond motifs is 1. The Kier molecular flexibility index (Phi) is 9.77. The lowest BCUT2D eigenvalue weighted by atomic mass is 9.70. The predicted molar refractivity (Wildman–Crippen MR) is 189 cm³/mol. The SMILES string of the molecule is C=CCN(C(=O)[C@@H]1[C@H]2C(=O)N([C@H](CO)c3ccccc3)C(C(=O)N(CC=C)c3c(C)cccc3C)C23CC[C@H]1O3)c1ccc(OCC)cc1. The van der Waals surface area contributed by atoms with Crippen LogP contribution >= 0.6 is 0 Å². The normalized spacial score (nSPS) is 24.3. The van der Waals surface area contributed by atoms with E-state index in [1.54, 1.807) is 22.0 Å². The smallest absolute Gasteiger partial charge is 0.253 e. The summed E-state index contributed by atoms with van der Waals surface area (Å²) >= 11 is 0. The van der Waals surface area contributed by atoms with Crippen molar-refractivity contribution in [1.29, 1.82) is 0 Å². The molecule has 9 heteroatoms. The number of rotatable bonds is 13. The van der Waals surface area contributed by atoms with Gasteiger partial charge in [-0.15, -0.1) is 13.2 Å². The summed E-state index contributed by atoms with van der Waals surface area (Å²) in [6.45, 7) is 14.2. The average molecular weight is 664 g/mol. The Morgan fingerprint density at radius 1 is 0.980 bits per heavy atom. The fourth-order valence-corrected chi connectivity index (χ4v) is 8.34. The number of aliphatic hydroxyl groups excluding tert-OH is 1. The number of carbonyl (C=O) groups is 3. The van der Waals surface area contributed by atoms with E-state index < -0.39 is 42.2 Å². The quantitative estimate of drug-likeness (QED) is 0.241. The molecule has 1 spiro atoms. The highest BCUT2D eigenvalue weighted by atomic mass is 16.5. The molecule has 0 aliphatic carbocycles. The molecule has 9 nitrogen and oxygen atoms in total. The number of aryl methyl sites for hydroxylation is 2. The lowest BCUT2D eigenvalue weighted by Gasteiger charge is -2.40. The van der Waals surface area contributed by atoms with Crippen molar-refractivity contribution in [1.82, 2.24) is 4.90 Å². The highest BCUT2D eigenvalue weighted by Gasteiger charge is 2.75. The Hall–Kier alpha value is -4.73. The van der Waals surface area contributed by atoms with E-state index >= 15 is 4.79 Å². The number of anilines is 2. The number of carbonyl (C=O) groups excluding carboxylic acids is 3. The van der Waals surface area contributed by atoms with Gasteiger partial charge in [0.25, 0.3) is 5.91 Å². The van der Waals surface area contributed by atoms with Gasteiger partial charge in [-0.2, -0.15) is 0 Å². The van der Waals surface area contributed by atoms with Crippen molar-refractivity contribution in [2.75, 3.05) is 36.1 Å². The third-order valence-electron chi connectivity index (χ3n) is 10.3. The minimum absolute atomic E-state index is 0.204. The van der Waals surface area contributed by atoms with E-state index in [2.05, 4.69) is 13.2 Å². The summed E-state index contributed by atoms with van der Waals surface area (Å²) in [5, 5.41) is 10.9. The minimum atomic E-state index is -1.27. The van der Waals surface area contributed by atoms with Crippen molar-refractivity contribution in [3.63, 3.8) is 0 Å². The summed E-state index contributed by atoms with van der Waals surface area (Å²) in [5.74, 6) is -2.04. The third-order valence-corrected chi connectivity index (χ3v) is 10.3. The van der Waals surface area contributed by atoms with Gasteiger partial charge in [0.05, 0.1) is 37.2 Å². The van der Waals surface area contributed by atoms with Crippen LogP contribution in [0.4, 0.5) is 11.4 Å². The van der Waals surface area contributed by atoms with Crippen molar-refractivity contribution in [3.05, 3.63) is 115 Å². The van der Waals surface area contributed by atoms with Gasteiger partial charge in [0.15, 0.2) is 0 Å². The molecule has 6 atom stereocenters. The van der Waals surface area contributed by atoms with Crippen LogP contribution in [0.1, 0.15) is 42.5 Å². The van der Waals surface area contributed by atoms with E-state index in [-0.39, 0.29) is 30.8 Å². The summed E-state index contributed by atoms with van der Waals surface area (Å²) in [6, 6.07) is 20.4. The minimum Gasteiger partial charge on any atom is -0.494 e. The van der Waals surface area contributed by atoms with Crippen LogP contribution < -0.4 is 14.5 Å². The van der Waals surface area contributed by atoms with Crippen LogP contribution in [0.25, 0.3) is 0 Å². The molecule has 3 aromatic carbocycles. The monoisotopic (exact) mass is 663 g/mol. The molecule has 6 rings (SSSR count). The Labute approximate surface area is 288 Å². The van der Waals surface area contributed by atoms with Gasteiger partial charge in [0.2, 0.25) is 11.8 Å². The first-order valence-electron chi connectivity index (χ1n) is 17.0. The molecule has 0 saturated carbocycles. The van der Waals surface area contributed by atoms with E-state index in [0.717, 1.165) is 16.8 Å². The van der Waals surface area contributed by atoms with Gasteiger partial charge in [0.1, 0.15) is 17.4 Å². The van der Waals surface area contributed by atoms with Gasteiger partial charge >= 0.3 is 0 Å². The first kappa shape index (κ1) is 34.1. The van der Waals surface area contributed by atoms with Crippen LogP contribution in [-0.4, -0.2) is 71.8 Å². The van der Waals surface area contributed by atoms with Crippen LogP contribution in [0.3, 0.4) is 0 Å². The molecule has 256 valence electrons. The van der Waals surface area contributed by atoms with Gasteiger partial charge in [-0.3, -0.25) is 14.4 Å². The van der Waals surface area contributed by atoms with Crippen LogP contribution in [0.15, 0.2) is 98.1 Å². The summed E-state index contributed by atoms with van der Waals surface area (Å²) in [5.41, 5.74) is 2.62. The number of hydrogen-bond acceptors (Lipinski definition) is 6. The summed E-state index contributed by atoms with van der Waals surface area (Å²) in [4.78, 5) is 49.7. The molecule has 3 amide bonds. The van der Waals surface area contributed by atoms with E-state index in [0.29, 0.717) is 36.4 Å². The topological polar surface area (TPSA) is 99.6 Å². The summed E-state index contributed by atoms with van der Waals surface area (Å²) in [7, 11) is 0. The van der Waals surface area contributed by atoms with Crippen molar-refractivity contribution in [3.8, 4) is 5.75 Å². The molecule has 49 heavy (non-hydrogen) atoms. The zero-order chi connectivity index (χ0) is 34.9. The number of benzene rings is 3. The molecular weight excluding hydrogens is 618 g/mol. The Bertz CT molecular complexity index is 1710. The van der Waals surface area contributed by atoms with E-state index in [1.807, 2.05) is 93.6 Å². The highest BCUT2D eigenvalue weighted by Crippen LogP contribution is 2.60. The Morgan fingerprint density at radius 2 is 1.63 bits per heavy atom. The molecule has 3 aliphatic heterocycles. The second kappa shape index (κ2) is 14.0. The lowest BCUT2D eigenvalue weighted by molar-refractivity contribution is -0.144. The third kappa shape index (κ3) is 5.74. The Balaban J connectivity index is 1.47. The number of amides is 3. The van der Waals surface area contributed by atoms with Gasteiger partial charge in [-0.25, -0.2) is 0 Å². The van der Waals surface area contributed by atoms with E-state index in [9.17, 15) is 14.7 Å². The average Bonchev–Trinajstić information content (AvgIpc) is 3.75. The number of aliphatic hydroxyl groups is 1. The molecule has 3 heterocycles. The maximum absolute atomic E-state index is 15.2. The Morgan fingerprint density at radius 3 is 2.24 bits per heavy atom. The van der Waals surface area contributed by atoms with Gasteiger partial charge in [-0.1, -0.05) is 60.7 Å². The van der Waals surface area contributed by atoms with Crippen LogP contribution in [-0.2, 0) is 19.1 Å². The molecule has 3 saturated heterocycles. The maximum Gasteiger partial charge on any atom is 0.253 e. The highest BCUT2D eigenvalue weighted by molar-refractivity contribution is 6.07. The summed E-state index contributed by atoms with van der Waals surface area (Å²) < 4.78 is 12.4. The van der Waals surface area contributed by atoms with Gasteiger partial charge in [0, 0.05) is 24.5 Å². The molecule has 0 radical (unpaired) electrons. The van der Waals surface area contributed by atoms with E-state index in [1.165, 1.54) is 4.90 Å². The number of nitrogens with zero attached hydrogens (tertiary/aromatic N) is 3. The number of hydrogen-bond donors (Lipinski definition) is 1. The number of ether oxygens (including phenoxy) is 2. The molecule has 3 fully saturated rings. The maximum atomic E-state index is 15.2. The van der Waals surface area contributed by atoms with Gasteiger partial charge < -0.3 is 29.3 Å². The summed E-state index contributed by atoms with van der Waals surface area (Å²) in [6.07, 6.45) is 3.72. The molecule has 1 N–H and O–H groups in total. The van der Waals surface area contributed by atoms with Crippen LogP contribution in [0.5, 0.6) is 5.75 Å². The van der Waals surface area contributed by atoms with Crippen molar-refractivity contribution in [2.24, 2.45) is 11.8 Å². The van der Waals surface area contributed by atoms with E-state index in [4.69, 9.17) is 9.47 Å². The fraction of sp³-hybridized carbons (Fsp3) is 0.375. The first-order valence-corrected chi connectivity index (χ1v) is 17.0. The lowest BCUT2D eigenvalue weighted by Crippen LogP contribution is -2.57. The molecule has 0 aromatic heterocycles. The molecule has 3 aliphatic rings. The first-order chi connectivity index (χ1) is 23.7.